The second-order valence-corrected chi connectivity index (χ2v) is 4.30. The fourth-order valence-electron chi connectivity index (χ4n) is 1.06. The van der Waals surface area contributed by atoms with Crippen LogP contribution in [0.2, 0.25) is 0 Å². The second-order valence-electron chi connectivity index (χ2n) is 2.53. The molecule has 0 N–H and O–H groups in total. The topological polar surface area (TPSA) is 34.1 Å². The Balaban J connectivity index is 3.47. The van der Waals surface area contributed by atoms with Crippen LogP contribution < -0.4 is 0 Å². The zero-order chi connectivity index (χ0) is 10.0. The number of carbonyl (C=O) groups is 2. The molecule has 0 spiro atoms. The molecule has 1 aromatic rings. The van der Waals surface area contributed by atoms with E-state index in [1.807, 2.05) is 0 Å². The number of ketones is 1. The minimum Gasteiger partial charge on any atom is -0.298 e. The van der Waals surface area contributed by atoms with Crippen molar-refractivity contribution in [3.8, 4) is 0 Å². The molecule has 68 valence electrons. The van der Waals surface area contributed by atoms with E-state index >= 15 is 0 Å². The zero-order valence-electron chi connectivity index (χ0n) is 6.80. The third-order valence-electron chi connectivity index (χ3n) is 1.56. The van der Waals surface area contributed by atoms with Gasteiger partial charge in [-0.1, -0.05) is 15.9 Å². The molecule has 0 saturated carbocycles. The van der Waals surface area contributed by atoms with Gasteiger partial charge in [-0.3, -0.25) is 9.59 Å². The van der Waals surface area contributed by atoms with Crippen molar-refractivity contribution in [1.82, 2.24) is 0 Å². The first-order chi connectivity index (χ1) is 6.06. The van der Waals surface area contributed by atoms with Crippen molar-refractivity contribution in [3.63, 3.8) is 0 Å². The molecule has 2 nitrogen and oxygen atoms in total. The molecule has 0 aliphatic carbocycles. The number of rotatable bonds is 2. The summed E-state index contributed by atoms with van der Waals surface area (Å²) in [5.74, 6) is -0.124. The van der Waals surface area contributed by atoms with Crippen molar-refractivity contribution in [3.05, 3.63) is 32.2 Å². The first-order valence-corrected chi connectivity index (χ1v) is 5.10. The predicted octanol–water partition coefficient (Wildman–Crippen LogP) is 3.23. The van der Waals surface area contributed by atoms with Crippen LogP contribution in [0.4, 0.5) is 0 Å². The van der Waals surface area contributed by atoms with Crippen LogP contribution in [-0.2, 0) is 0 Å². The number of aldehydes is 1. The van der Waals surface area contributed by atoms with Crippen molar-refractivity contribution < 1.29 is 9.59 Å². The van der Waals surface area contributed by atoms with E-state index in [1.165, 1.54) is 6.92 Å². The third kappa shape index (κ3) is 2.25. The Bertz CT molecular complexity index is 372. The van der Waals surface area contributed by atoms with E-state index in [-0.39, 0.29) is 5.78 Å². The lowest BCUT2D eigenvalue weighted by molar-refractivity contribution is 0.100. The fourth-order valence-corrected chi connectivity index (χ4v) is 2.60. The van der Waals surface area contributed by atoms with E-state index in [4.69, 9.17) is 0 Å². The molecule has 0 aromatic heterocycles. The Morgan fingerprint density at radius 2 is 2.00 bits per heavy atom. The van der Waals surface area contributed by atoms with Crippen LogP contribution in [-0.4, -0.2) is 12.1 Å². The molecule has 0 aliphatic rings. The predicted molar refractivity (Wildman–Crippen MR) is 57.2 cm³/mol. The summed E-state index contributed by atoms with van der Waals surface area (Å²) in [6.45, 7) is 1.43. The lowest BCUT2D eigenvalue weighted by atomic mass is 10.1. The normalized spacial score (nSPS) is 9.77. The minimum absolute atomic E-state index is 0.124. The van der Waals surface area contributed by atoms with Crippen LogP contribution in [0.5, 0.6) is 0 Å². The first kappa shape index (κ1) is 10.6. The van der Waals surface area contributed by atoms with Gasteiger partial charge in [-0.25, -0.2) is 0 Å². The van der Waals surface area contributed by atoms with Crippen molar-refractivity contribution in [2.24, 2.45) is 0 Å². The summed E-state index contributed by atoms with van der Waals surface area (Å²) in [6.07, 6.45) is 0.673. The molecular weight excluding hydrogens is 300 g/mol. The van der Waals surface area contributed by atoms with Gasteiger partial charge in [0.15, 0.2) is 12.1 Å². The summed E-state index contributed by atoms with van der Waals surface area (Å²) in [6, 6.07) is 3.36. The minimum atomic E-state index is -0.124. The number of benzene rings is 1. The number of Topliss-reactive ketones (excluding diaryl/α,β-unsaturated/α-hetero) is 1. The molecule has 0 bridgehead atoms. The third-order valence-corrected chi connectivity index (χ3v) is 2.65. The molecule has 0 unspecified atom stereocenters. The maximum absolute atomic E-state index is 11.2. The van der Waals surface area contributed by atoms with Gasteiger partial charge in [0.05, 0.1) is 0 Å². The molecule has 0 fully saturated rings. The van der Waals surface area contributed by atoms with E-state index in [2.05, 4.69) is 31.9 Å². The van der Waals surface area contributed by atoms with Gasteiger partial charge in [-0.2, -0.15) is 0 Å². The van der Waals surface area contributed by atoms with Gasteiger partial charge in [-0.15, -0.1) is 0 Å². The van der Waals surface area contributed by atoms with Gasteiger partial charge < -0.3 is 0 Å². The van der Waals surface area contributed by atoms with Gasteiger partial charge in [0.2, 0.25) is 0 Å². The number of halogens is 2. The number of hydrogen-bond donors (Lipinski definition) is 0. The molecule has 1 aromatic carbocycles. The van der Waals surface area contributed by atoms with Crippen LogP contribution in [0.3, 0.4) is 0 Å². The van der Waals surface area contributed by atoms with E-state index < -0.39 is 0 Å². The van der Waals surface area contributed by atoms with E-state index in [0.717, 1.165) is 4.47 Å². The summed E-state index contributed by atoms with van der Waals surface area (Å²) >= 11 is 6.47. The highest BCUT2D eigenvalue weighted by molar-refractivity contribution is 9.11. The van der Waals surface area contributed by atoms with E-state index in [0.29, 0.717) is 21.9 Å². The average molecular weight is 306 g/mol. The average Bonchev–Trinajstić information content (AvgIpc) is 2.01. The smallest absolute Gasteiger partial charge is 0.161 e. The lowest BCUT2D eigenvalue weighted by Gasteiger charge is -2.04. The summed E-state index contributed by atoms with van der Waals surface area (Å²) in [5.41, 5.74) is 0.826. The van der Waals surface area contributed by atoms with Gasteiger partial charge in [0, 0.05) is 20.1 Å². The fraction of sp³-hybridized carbons (Fsp3) is 0.111. The molecule has 4 heteroatoms. The van der Waals surface area contributed by atoms with Crippen LogP contribution in [0.15, 0.2) is 21.1 Å². The highest BCUT2D eigenvalue weighted by Crippen LogP contribution is 2.25. The van der Waals surface area contributed by atoms with Crippen LogP contribution in [0.25, 0.3) is 0 Å². The maximum atomic E-state index is 11.2. The van der Waals surface area contributed by atoms with Gasteiger partial charge in [0.1, 0.15) is 0 Å². The van der Waals surface area contributed by atoms with E-state index in [9.17, 15) is 9.59 Å². The highest BCUT2D eigenvalue weighted by atomic mass is 79.9. The second kappa shape index (κ2) is 4.15. The molecule has 0 aliphatic heterocycles. The van der Waals surface area contributed by atoms with Crippen molar-refractivity contribution in [1.29, 1.82) is 0 Å². The lowest BCUT2D eigenvalue weighted by Crippen LogP contribution is -2.00. The first-order valence-electron chi connectivity index (χ1n) is 3.51. The molecule has 0 saturated heterocycles. The quantitative estimate of drug-likeness (QED) is 0.621. The number of carbonyl (C=O) groups excluding carboxylic acids is 2. The van der Waals surface area contributed by atoms with Gasteiger partial charge in [0.25, 0.3) is 0 Å². The Morgan fingerprint density at radius 3 is 2.46 bits per heavy atom. The molecule has 0 atom stereocenters. The monoisotopic (exact) mass is 304 g/mol. The van der Waals surface area contributed by atoms with Crippen molar-refractivity contribution in [2.75, 3.05) is 0 Å². The standard InChI is InChI=1S/C9H6Br2O2/c1-5(13)9-6(4-12)2-7(10)3-8(9)11/h2-4H,1H3. The Labute approximate surface area is 92.6 Å². The SMILES string of the molecule is CC(=O)c1c(Br)cc(Br)cc1C=O. The molecule has 0 radical (unpaired) electrons. The van der Waals surface area contributed by atoms with Gasteiger partial charge >= 0.3 is 0 Å². The van der Waals surface area contributed by atoms with Crippen LogP contribution >= 0.6 is 31.9 Å². The number of hydrogen-bond acceptors (Lipinski definition) is 2. The van der Waals surface area contributed by atoms with Crippen LogP contribution in [0, 0.1) is 0 Å². The van der Waals surface area contributed by atoms with Gasteiger partial charge in [-0.05, 0) is 35.0 Å². The Morgan fingerprint density at radius 1 is 1.38 bits per heavy atom. The highest BCUT2D eigenvalue weighted by Gasteiger charge is 2.11. The Hall–Kier alpha value is -0.480. The molecule has 13 heavy (non-hydrogen) atoms. The summed E-state index contributed by atoms with van der Waals surface area (Å²) < 4.78 is 1.41. The summed E-state index contributed by atoms with van der Waals surface area (Å²) in [7, 11) is 0. The molecule has 1 rings (SSSR count). The Kier molecular flexibility index (Phi) is 3.39. The zero-order valence-corrected chi connectivity index (χ0v) is 9.98. The summed E-state index contributed by atoms with van der Waals surface area (Å²) in [5, 5.41) is 0. The van der Waals surface area contributed by atoms with Crippen molar-refractivity contribution in [2.45, 2.75) is 6.92 Å². The summed E-state index contributed by atoms with van der Waals surface area (Å²) in [4.78, 5) is 21.8. The molecular formula is C9H6Br2O2. The molecule has 0 heterocycles. The van der Waals surface area contributed by atoms with E-state index in [1.54, 1.807) is 12.1 Å². The molecule has 0 amide bonds. The maximum Gasteiger partial charge on any atom is 0.161 e. The van der Waals surface area contributed by atoms with Crippen molar-refractivity contribution >= 4 is 43.9 Å². The largest absolute Gasteiger partial charge is 0.298 e. The van der Waals surface area contributed by atoms with Crippen LogP contribution in [0.1, 0.15) is 27.6 Å².